The highest BCUT2D eigenvalue weighted by atomic mass is 16.2. The van der Waals surface area contributed by atoms with Crippen molar-refractivity contribution in [3.05, 3.63) is 53.9 Å². The topological polar surface area (TPSA) is 78.1 Å². The fourth-order valence-corrected chi connectivity index (χ4v) is 3.38. The van der Waals surface area contributed by atoms with Gasteiger partial charge in [0.25, 0.3) is 5.91 Å². The van der Waals surface area contributed by atoms with Crippen molar-refractivity contribution in [1.82, 2.24) is 20.4 Å². The number of carbonyl (C=O) groups is 2. The molecule has 1 saturated heterocycles. The molecule has 6 heteroatoms. The van der Waals surface area contributed by atoms with E-state index in [1.54, 1.807) is 12.3 Å². The van der Waals surface area contributed by atoms with E-state index < -0.39 is 0 Å². The normalized spacial score (nSPS) is 20.6. The summed E-state index contributed by atoms with van der Waals surface area (Å²) in [6.07, 6.45) is 4.04. The van der Waals surface area contributed by atoms with Crippen molar-refractivity contribution in [2.75, 3.05) is 6.54 Å². The molecule has 2 atom stereocenters. The van der Waals surface area contributed by atoms with Gasteiger partial charge in [-0.3, -0.25) is 14.7 Å². The highest BCUT2D eigenvalue weighted by molar-refractivity contribution is 5.92. The lowest BCUT2D eigenvalue weighted by molar-refractivity contribution is -0.120. The summed E-state index contributed by atoms with van der Waals surface area (Å²) in [5, 5.41) is 9.64. The van der Waals surface area contributed by atoms with E-state index in [1.807, 2.05) is 23.1 Å². The Morgan fingerprint density at radius 3 is 2.75 bits per heavy atom. The van der Waals surface area contributed by atoms with Crippen molar-refractivity contribution in [2.24, 2.45) is 0 Å². The van der Waals surface area contributed by atoms with E-state index in [9.17, 15) is 9.59 Å². The second-order valence-electron chi connectivity index (χ2n) is 6.18. The van der Waals surface area contributed by atoms with Crippen LogP contribution in [0.4, 0.5) is 0 Å². The number of piperidine rings is 1. The lowest BCUT2D eigenvalue weighted by Gasteiger charge is -2.41. The second kappa shape index (κ2) is 7.29. The third-order valence-electron chi connectivity index (χ3n) is 4.45. The number of nitrogens with zero attached hydrogens (tertiary/aromatic N) is 2. The van der Waals surface area contributed by atoms with Crippen LogP contribution in [-0.4, -0.2) is 45.5 Å². The quantitative estimate of drug-likeness (QED) is 0.899. The zero-order valence-electron chi connectivity index (χ0n) is 13.7. The third-order valence-corrected chi connectivity index (χ3v) is 4.45. The maximum absolute atomic E-state index is 12.8. The van der Waals surface area contributed by atoms with Gasteiger partial charge in [0.15, 0.2) is 0 Å². The lowest BCUT2D eigenvalue weighted by Crippen LogP contribution is -2.57. The van der Waals surface area contributed by atoms with Crippen LogP contribution in [0.2, 0.25) is 0 Å². The molecular weight excluding hydrogens is 304 g/mol. The monoisotopic (exact) mass is 326 g/mol. The van der Waals surface area contributed by atoms with E-state index in [1.165, 1.54) is 6.92 Å². The molecule has 1 aromatic carbocycles. The van der Waals surface area contributed by atoms with Crippen LogP contribution in [0.1, 0.15) is 35.8 Å². The Labute approximate surface area is 141 Å². The summed E-state index contributed by atoms with van der Waals surface area (Å²) >= 11 is 0. The minimum absolute atomic E-state index is 0.0386. The fraction of sp³-hybridized carbons (Fsp3) is 0.389. The van der Waals surface area contributed by atoms with Gasteiger partial charge >= 0.3 is 0 Å². The van der Waals surface area contributed by atoms with Crippen LogP contribution >= 0.6 is 0 Å². The van der Waals surface area contributed by atoms with Crippen molar-refractivity contribution < 1.29 is 9.59 Å². The van der Waals surface area contributed by atoms with Gasteiger partial charge in [0, 0.05) is 25.7 Å². The van der Waals surface area contributed by atoms with E-state index in [0.29, 0.717) is 18.7 Å². The molecule has 2 heterocycles. The molecule has 2 aromatic rings. The third kappa shape index (κ3) is 3.64. The van der Waals surface area contributed by atoms with Gasteiger partial charge in [0.1, 0.15) is 5.69 Å². The molecule has 6 nitrogen and oxygen atoms in total. The second-order valence-corrected chi connectivity index (χ2v) is 6.18. The van der Waals surface area contributed by atoms with Crippen LogP contribution < -0.4 is 5.32 Å². The van der Waals surface area contributed by atoms with Crippen LogP contribution in [0.3, 0.4) is 0 Å². The first kappa shape index (κ1) is 16.2. The summed E-state index contributed by atoms with van der Waals surface area (Å²) in [5.41, 5.74) is 1.64. The Morgan fingerprint density at radius 2 is 2.08 bits per heavy atom. The molecule has 0 spiro atoms. The summed E-state index contributed by atoms with van der Waals surface area (Å²) in [5.74, 6) is -0.127. The number of amides is 2. The predicted molar refractivity (Wildman–Crippen MR) is 90.4 cm³/mol. The first-order valence-electron chi connectivity index (χ1n) is 8.26. The molecule has 0 unspecified atom stereocenters. The molecule has 0 bridgehead atoms. The van der Waals surface area contributed by atoms with Crippen LogP contribution in [0.25, 0.3) is 0 Å². The number of H-pyrrole nitrogens is 1. The number of aromatic nitrogens is 2. The maximum Gasteiger partial charge on any atom is 0.272 e. The number of carbonyl (C=O) groups excluding carboxylic acids is 2. The Balaban J connectivity index is 1.86. The number of aromatic amines is 1. The van der Waals surface area contributed by atoms with E-state index in [2.05, 4.69) is 27.6 Å². The molecule has 0 saturated carbocycles. The zero-order valence-corrected chi connectivity index (χ0v) is 13.7. The smallest absolute Gasteiger partial charge is 0.272 e. The van der Waals surface area contributed by atoms with Crippen molar-refractivity contribution in [2.45, 2.75) is 38.3 Å². The van der Waals surface area contributed by atoms with Gasteiger partial charge in [-0.15, -0.1) is 0 Å². The minimum Gasteiger partial charge on any atom is -0.352 e. The van der Waals surface area contributed by atoms with Crippen LogP contribution in [0.15, 0.2) is 42.6 Å². The van der Waals surface area contributed by atoms with Crippen molar-refractivity contribution in [3.63, 3.8) is 0 Å². The molecule has 3 rings (SSSR count). The zero-order chi connectivity index (χ0) is 16.9. The number of rotatable bonds is 4. The van der Waals surface area contributed by atoms with Crippen LogP contribution in [0.5, 0.6) is 0 Å². The Morgan fingerprint density at radius 1 is 1.29 bits per heavy atom. The molecule has 0 aliphatic carbocycles. The molecule has 2 amide bonds. The molecule has 24 heavy (non-hydrogen) atoms. The Bertz CT molecular complexity index is 684. The summed E-state index contributed by atoms with van der Waals surface area (Å²) < 4.78 is 0. The molecule has 1 aromatic heterocycles. The summed E-state index contributed by atoms with van der Waals surface area (Å²) in [6.45, 7) is 2.21. The van der Waals surface area contributed by atoms with E-state index >= 15 is 0 Å². The SMILES string of the molecule is CC(=O)N[C@H]1CCCN(C(=O)c2ccn[nH]2)[C@H]1Cc1ccccc1. The van der Waals surface area contributed by atoms with Crippen molar-refractivity contribution >= 4 is 11.8 Å². The van der Waals surface area contributed by atoms with Gasteiger partial charge in [-0.1, -0.05) is 30.3 Å². The van der Waals surface area contributed by atoms with Gasteiger partial charge in [0.2, 0.25) is 5.91 Å². The van der Waals surface area contributed by atoms with Gasteiger partial charge in [-0.2, -0.15) is 5.10 Å². The molecule has 0 radical (unpaired) electrons. The number of likely N-dealkylation sites (tertiary alicyclic amines) is 1. The van der Waals surface area contributed by atoms with E-state index in [-0.39, 0.29) is 23.9 Å². The van der Waals surface area contributed by atoms with Gasteiger partial charge < -0.3 is 10.2 Å². The number of hydrogen-bond acceptors (Lipinski definition) is 3. The van der Waals surface area contributed by atoms with Gasteiger partial charge in [-0.05, 0) is 30.9 Å². The maximum atomic E-state index is 12.8. The Hall–Kier alpha value is -2.63. The lowest BCUT2D eigenvalue weighted by atomic mass is 9.90. The number of nitrogens with one attached hydrogen (secondary N) is 2. The standard InChI is InChI=1S/C18H22N4O2/c1-13(23)20-15-8-5-11-22(18(24)16-9-10-19-21-16)17(15)12-14-6-3-2-4-7-14/h2-4,6-7,9-10,15,17H,5,8,11-12H2,1H3,(H,19,21)(H,20,23)/t15-,17-/m0/s1. The average Bonchev–Trinajstić information content (AvgIpc) is 3.11. The molecular formula is C18H22N4O2. The summed E-state index contributed by atoms with van der Waals surface area (Å²) in [7, 11) is 0. The minimum atomic E-state index is -0.0687. The highest BCUT2D eigenvalue weighted by Crippen LogP contribution is 2.23. The van der Waals surface area contributed by atoms with E-state index in [4.69, 9.17) is 0 Å². The molecule has 126 valence electrons. The molecule has 1 fully saturated rings. The summed E-state index contributed by atoms with van der Waals surface area (Å²) in [4.78, 5) is 26.3. The highest BCUT2D eigenvalue weighted by Gasteiger charge is 2.35. The first-order chi connectivity index (χ1) is 11.6. The number of hydrogen-bond donors (Lipinski definition) is 2. The Kier molecular flexibility index (Phi) is 4.93. The van der Waals surface area contributed by atoms with Crippen molar-refractivity contribution in [1.29, 1.82) is 0 Å². The van der Waals surface area contributed by atoms with Crippen LogP contribution in [0, 0.1) is 0 Å². The van der Waals surface area contributed by atoms with Crippen molar-refractivity contribution in [3.8, 4) is 0 Å². The largest absolute Gasteiger partial charge is 0.352 e. The van der Waals surface area contributed by atoms with E-state index in [0.717, 1.165) is 18.4 Å². The first-order valence-corrected chi connectivity index (χ1v) is 8.26. The summed E-state index contributed by atoms with van der Waals surface area (Å²) in [6, 6.07) is 11.6. The van der Waals surface area contributed by atoms with Gasteiger partial charge in [-0.25, -0.2) is 0 Å². The molecule has 1 aliphatic rings. The predicted octanol–water partition coefficient (Wildman–Crippen LogP) is 1.76. The molecule has 1 aliphatic heterocycles. The van der Waals surface area contributed by atoms with Gasteiger partial charge in [0.05, 0.1) is 6.04 Å². The number of benzene rings is 1. The van der Waals surface area contributed by atoms with Crippen LogP contribution in [-0.2, 0) is 11.2 Å². The average molecular weight is 326 g/mol. The molecule has 2 N–H and O–H groups in total. The fourth-order valence-electron chi connectivity index (χ4n) is 3.38.